The Morgan fingerprint density at radius 1 is 0.500 bits per heavy atom. The third-order valence-corrected chi connectivity index (χ3v) is 7.46. The smallest absolute Gasteiger partial charge is 0.407 e. The molecule has 0 radical (unpaired) electrons. The third-order valence-electron chi connectivity index (χ3n) is 7.46. The number of carbonyl (C=O) groups is 4. The van der Waals surface area contributed by atoms with Gasteiger partial charge in [-0.3, -0.25) is 9.59 Å². The molecule has 4 aromatic carbocycles. The molecule has 0 fully saturated rings. The average Bonchev–Trinajstić information content (AvgIpc) is 3.53. The number of nitrogens with one attached hydrogen (secondary N) is 2. The molecule has 0 unspecified atom stereocenters. The van der Waals surface area contributed by atoms with E-state index in [0.29, 0.717) is 0 Å². The number of carbonyl (C=O) groups excluding carboxylic acids is 2. The predicted molar refractivity (Wildman–Crippen MR) is 161 cm³/mol. The number of hydrogen-bond donors (Lipinski definition) is 4. The van der Waals surface area contributed by atoms with Gasteiger partial charge in [-0.1, -0.05) is 97.1 Å². The van der Waals surface area contributed by atoms with Crippen LogP contribution in [0.25, 0.3) is 22.3 Å². The molecule has 0 aliphatic heterocycles. The number of benzene rings is 4. The second-order valence-corrected chi connectivity index (χ2v) is 10.1. The number of ether oxygens (including phenoxy) is 2. The summed E-state index contributed by atoms with van der Waals surface area (Å²) in [4.78, 5) is 43.9. The van der Waals surface area contributed by atoms with Crippen LogP contribution in [0.5, 0.6) is 0 Å². The van der Waals surface area contributed by atoms with Crippen LogP contribution in [0, 0.1) is 0 Å². The molecule has 10 heteroatoms. The standard InChI is InChI=1S/2C17H15NO4/c2*19-16(20)9-18-17(21)22-10-15-13-7-3-1-5-11(13)12-6-2-4-8-14(12)15/h2*1-8,15H,9-10H2,(H,18,21)(H,19,20). The number of alkyl carbamates (subject to hydrolysis) is 2. The lowest BCUT2D eigenvalue weighted by Gasteiger charge is -2.14. The number of fused-ring (bicyclic) bond motifs is 6. The summed E-state index contributed by atoms with van der Waals surface area (Å²) in [5, 5.41) is 21.5. The largest absolute Gasteiger partial charge is 0.480 e. The van der Waals surface area contributed by atoms with Crippen molar-refractivity contribution in [2.75, 3.05) is 26.3 Å². The maximum absolute atomic E-state index is 11.5. The fourth-order valence-electron chi connectivity index (χ4n) is 5.59. The molecule has 2 aliphatic carbocycles. The number of carboxylic acid groups (broad SMARTS) is 2. The van der Waals surface area contributed by atoms with Gasteiger partial charge in [0.2, 0.25) is 0 Å². The first-order valence-corrected chi connectivity index (χ1v) is 13.9. The summed E-state index contributed by atoms with van der Waals surface area (Å²) in [7, 11) is 0. The Morgan fingerprint density at radius 3 is 1.05 bits per heavy atom. The van der Waals surface area contributed by atoms with Crippen molar-refractivity contribution in [1.82, 2.24) is 10.6 Å². The molecule has 0 bridgehead atoms. The summed E-state index contributed by atoms with van der Waals surface area (Å²) in [6.45, 7) is -0.535. The van der Waals surface area contributed by atoms with Crippen LogP contribution in [0.3, 0.4) is 0 Å². The van der Waals surface area contributed by atoms with Crippen molar-refractivity contribution in [3.63, 3.8) is 0 Å². The SMILES string of the molecule is O=C(O)CNC(=O)OCC1c2ccccc2-c2ccccc21.O=C(O)CNC(=O)OCC1c2ccccc2-c2ccccc21. The van der Waals surface area contributed by atoms with Crippen LogP contribution in [0.1, 0.15) is 34.1 Å². The zero-order valence-corrected chi connectivity index (χ0v) is 23.6. The van der Waals surface area contributed by atoms with Crippen molar-refractivity contribution >= 4 is 24.1 Å². The average molecular weight is 595 g/mol. The van der Waals surface area contributed by atoms with Crippen molar-refractivity contribution in [3.8, 4) is 22.3 Å². The van der Waals surface area contributed by atoms with Gasteiger partial charge in [-0.25, -0.2) is 9.59 Å². The van der Waals surface area contributed by atoms with Gasteiger partial charge in [0.25, 0.3) is 0 Å². The van der Waals surface area contributed by atoms with Crippen LogP contribution < -0.4 is 10.6 Å². The van der Waals surface area contributed by atoms with Crippen LogP contribution in [-0.2, 0) is 19.1 Å². The summed E-state index contributed by atoms with van der Waals surface area (Å²) in [5.41, 5.74) is 9.08. The van der Waals surface area contributed by atoms with Crippen molar-refractivity contribution in [2.24, 2.45) is 0 Å². The van der Waals surface area contributed by atoms with Gasteiger partial charge in [0.1, 0.15) is 26.3 Å². The molecule has 0 spiro atoms. The Hall–Kier alpha value is -5.64. The lowest BCUT2D eigenvalue weighted by molar-refractivity contribution is -0.136. The van der Waals surface area contributed by atoms with Crippen molar-refractivity contribution in [2.45, 2.75) is 11.8 Å². The van der Waals surface area contributed by atoms with E-state index in [2.05, 4.69) is 34.9 Å². The van der Waals surface area contributed by atoms with Gasteiger partial charge in [0.05, 0.1) is 0 Å². The highest BCUT2D eigenvalue weighted by Crippen LogP contribution is 2.45. The van der Waals surface area contributed by atoms with E-state index in [1.54, 1.807) is 0 Å². The summed E-state index contributed by atoms with van der Waals surface area (Å²) in [6, 6.07) is 32.1. The van der Waals surface area contributed by atoms with Gasteiger partial charge in [0.15, 0.2) is 0 Å². The summed E-state index contributed by atoms with van der Waals surface area (Å²) in [5.74, 6) is -2.26. The van der Waals surface area contributed by atoms with Crippen LogP contribution in [0.2, 0.25) is 0 Å². The fourth-order valence-corrected chi connectivity index (χ4v) is 5.59. The number of rotatable bonds is 8. The molecular weight excluding hydrogens is 564 g/mol. The highest BCUT2D eigenvalue weighted by molar-refractivity contribution is 5.81. The zero-order chi connectivity index (χ0) is 31.1. The van der Waals surface area contributed by atoms with Crippen molar-refractivity contribution in [1.29, 1.82) is 0 Å². The van der Waals surface area contributed by atoms with E-state index < -0.39 is 37.2 Å². The lowest BCUT2D eigenvalue weighted by atomic mass is 9.98. The van der Waals surface area contributed by atoms with Gasteiger partial charge >= 0.3 is 24.1 Å². The normalized spacial score (nSPS) is 12.4. The first-order valence-electron chi connectivity index (χ1n) is 13.9. The summed E-state index contributed by atoms with van der Waals surface area (Å²) >= 11 is 0. The Kier molecular flexibility index (Phi) is 9.19. The Labute approximate surface area is 253 Å². The number of aliphatic carboxylic acids is 2. The van der Waals surface area contributed by atoms with Crippen LogP contribution in [0.15, 0.2) is 97.1 Å². The number of hydrogen-bond acceptors (Lipinski definition) is 6. The topological polar surface area (TPSA) is 151 Å². The lowest BCUT2D eigenvalue weighted by Crippen LogP contribution is -2.30. The van der Waals surface area contributed by atoms with E-state index in [4.69, 9.17) is 19.7 Å². The van der Waals surface area contributed by atoms with E-state index in [9.17, 15) is 19.2 Å². The molecule has 0 atom stereocenters. The Balaban J connectivity index is 0.000000175. The Bertz CT molecular complexity index is 1490. The molecule has 44 heavy (non-hydrogen) atoms. The minimum Gasteiger partial charge on any atom is -0.480 e. The first-order chi connectivity index (χ1) is 21.3. The third kappa shape index (κ3) is 6.70. The quantitative estimate of drug-likeness (QED) is 0.217. The highest BCUT2D eigenvalue weighted by Gasteiger charge is 2.30. The second-order valence-electron chi connectivity index (χ2n) is 10.1. The molecular formula is C34H30N2O8. The van der Waals surface area contributed by atoms with E-state index in [0.717, 1.165) is 44.5 Å². The number of carboxylic acids is 2. The molecule has 0 saturated carbocycles. The van der Waals surface area contributed by atoms with E-state index in [-0.39, 0.29) is 25.0 Å². The first kappa shape index (κ1) is 29.8. The van der Waals surface area contributed by atoms with Gasteiger partial charge in [-0.2, -0.15) is 0 Å². The zero-order valence-electron chi connectivity index (χ0n) is 23.6. The van der Waals surface area contributed by atoms with E-state index in [1.807, 2.05) is 72.8 Å². The molecule has 6 rings (SSSR count). The van der Waals surface area contributed by atoms with Gasteiger partial charge < -0.3 is 30.3 Å². The fraction of sp³-hybridized carbons (Fsp3) is 0.176. The molecule has 4 N–H and O–H groups in total. The van der Waals surface area contributed by atoms with Gasteiger partial charge in [0, 0.05) is 11.8 Å². The van der Waals surface area contributed by atoms with Crippen molar-refractivity contribution in [3.05, 3.63) is 119 Å². The number of amides is 2. The predicted octanol–water partition coefficient (Wildman–Crippen LogP) is 5.22. The summed E-state index contributed by atoms with van der Waals surface area (Å²) < 4.78 is 10.4. The molecule has 2 aliphatic rings. The molecule has 2 amide bonds. The minimum absolute atomic E-state index is 0.0250. The highest BCUT2D eigenvalue weighted by atomic mass is 16.6. The van der Waals surface area contributed by atoms with Crippen molar-refractivity contribution < 1.29 is 38.9 Å². The van der Waals surface area contributed by atoms with E-state index in [1.165, 1.54) is 0 Å². The van der Waals surface area contributed by atoms with Gasteiger partial charge in [-0.05, 0) is 44.5 Å². The van der Waals surface area contributed by atoms with Crippen LogP contribution in [0.4, 0.5) is 9.59 Å². The second kappa shape index (κ2) is 13.6. The molecule has 10 nitrogen and oxygen atoms in total. The molecule has 0 aromatic heterocycles. The Morgan fingerprint density at radius 2 is 0.773 bits per heavy atom. The molecule has 224 valence electrons. The maximum Gasteiger partial charge on any atom is 0.407 e. The molecule has 0 heterocycles. The molecule has 4 aromatic rings. The minimum atomic E-state index is -1.10. The van der Waals surface area contributed by atoms with Crippen LogP contribution >= 0.6 is 0 Å². The molecule has 0 saturated heterocycles. The summed E-state index contributed by atoms with van der Waals surface area (Å²) in [6.07, 6.45) is -1.44. The maximum atomic E-state index is 11.5. The van der Waals surface area contributed by atoms with E-state index >= 15 is 0 Å². The monoisotopic (exact) mass is 594 g/mol. The van der Waals surface area contributed by atoms with Gasteiger partial charge in [-0.15, -0.1) is 0 Å². The van der Waals surface area contributed by atoms with Crippen LogP contribution in [-0.4, -0.2) is 60.6 Å².